The quantitative estimate of drug-likeness (QED) is 0.844. The van der Waals surface area contributed by atoms with Gasteiger partial charge in [0, 0.05) is 0 Å². The summed E-state index contributed by atoms with van der Waals surface area (Å²) in [6.07, 6.45) is 0. The standard InChI is InChI=1S/C9H8Cl2O3S/c1-6(12)5-15(13,14)7-2-3-8(10)9(11)4-7/h2-4H,5H2,1H3. The summed E-state index contributed by atoms with van der Waals surface area (Å²) in [5.74, 6) is -0.939. The van der Waals surface area contributed by atoms with Crippen LogP contribution in [0.2, 0.25) is 10.0 Å². The molecule has 0 heterocycles. The third-order valence-electron chi connectivity index (χ3n) is 1.64. The van der Waals surface area contributed by atoms with Crippen LogP contribution in [0.3, 0.4) is 0 Å². The number of sulfone groups is 1. The number of halogens is 2. The molecule has 0 aliphatic heterocycles. The molecule has 0 spiro atoms. The highest BCUT2D eigenvalue weighted by atomic mass is 35.5. The van der Waals surface area contributed by atoms with Crippen LogP contribution >= 0.6 is 23.2 Å². The first-order valence-corrected chi connectivity index (χ1v) is 6.41. The van der Waals surface area contributed by atoms with Crippen LogP contribution in [0.15, 0.2) is 23.1 Å². The van der Waals surface area contributed by atoms with Gasteiger partial charge >= 0.3 is 0 Å². The Bertz CT molecular complexity index is 494. The van der Waals surface area contributed by atoms with E-state index >= 15 is 0 Å². The lowest BCUT2D eigenvalue weighted by Crippen LogP contribution is -2.13. The second kappa shape index (κ2) is 4.51. The van der Waals surface area contributed by atoms with Crippen LogP contribution in [0.5, 0.6) is 0 Å². The molecular formula is C9H8Cl2O3S. The molecule has 0 saturated carbocycles. The molecule has 0 aliphatic rings. The third-order valence-corrected chi connectivity index (χ3v) is 4.14. The largest absolute Gasteiger partial charge is 0.299 e. The molecule has 6 heteroatoms. The molecule has 82 valence electrons. The first kappa shape index (κ1) is 12.5. The Morgan fingerprint density at radius 2 is 1.87 bits per heavy atom. The lowest BCUT2D eigenvalue weighted by molar-refractivity contribution is -0.114. The van der Waals surface area contributed by atoms with Crippen molar-refractivity contribution >= 4 is 38.8 Å². The van der Waals surface area contributed by atoms with E-state index in [-0.39, 0.29) is 14.9 Å². The van der Waals surface area contributed by atoms with E-state index in [1.54, 1.807) is 0 Å². The molecule has 0 radical (unpaired) electrons. The fourth-order valence-corrected chi connectivity index (χ4v) is 2.66. The lowest BCUT2D eigenvalue weighted by atomic mass is 10.4. The maximum Gasteiger partial charge on any atom is 0.185 e. The topological polar surface area (TPSA) is 51.2 Å². The van der Waals surface area contributed by atoms with Crippen molar-refractivity contribution in [2.75, 3.05) is 5.75 Å². The number of hydrogen-bond donors (Lipinski definition) is 0. The molecule has 3 nitrogen and oxygen atoms in total. The van der Waals surface area contributed by atoms with Gasteiger partial charge in [-0.1, -0.05) is 23.2 Å². The summed E-state index contributed by atoms with van der Waals surface area (Å²) in [7, 11) is -3.59. The Kier molecular flexibility index (Phi) is 3.76. The Morgan fingerprint density at radius 1 is 1.27 bits per heavy atom. The van der Waals surface area contributed by atoms with Gasteiger partial charge in [0.25, 0.3) is 0 Å². The zero-order valence-corrected chi connectivity index (χ0v) is 10.2. The second-order valence-corrected chi connectivity index (χ2v) is 5.84. The summed E-state index contributed by atoms with van der Waals surface area (Å²) in [4.78, 5) is 10.8. The van der Waals surface area contributed by atoms with Gasteiger partial charge in [-0.15, -0.1) is 0 Å². The van der Waals surface area contributed by atoms with Crippen molar-refractivity contribution < 1.29 is 13.2 Å². The van der Waals surface area contributed by atoms with Crippen molar-refractivity contribution in [3.05, 3.63) is 28.2 Å². The molecule has 0 aliphatic carbocycles. The summed E-state index contributed by atoms with van der Waals surface area (Å²) in [6.45, 7) is 1.22. The van der Waals surface area contributed by atoms with Gasteiger partial charge in [0.1, 0.15) is 11.5 Å². The van der Waals surface area contributed by atoms with Crippen LogP contribution in [0.25, 0.3) is 0 Å². The molecule has 1 aromatic carbocycles. The number of hydrogen-bond acceptors (Lipinski definition) is 3. The third kappa shape index (κ3) is 3.19. The number of rotatable bonds is 3. The maximum absolute atomic E-state index is 11.6. The first-order chi connectivity index (χ1) is 6.83. The average Bonchev–Trinajstić information content (AvgIpc) is 2.07. The number of Topliss-reactive ketones (excluding diaryl/α,β-unsaturated/α-hetero) is 1. The Morgan fingerprint density at radius 3 is 2.33 bits per heavy atom. The van der Waals surface area contributed by atoms with E-state index in [1.165, 1.54) is 25.1 Å². The van der Waals surface area contributed by atoms with E-state index in [4.69, 9.17) is 23.2 Å². The molecule has 0 bridgehead atoms. The van der Waals surface area contributed by atoms with Crippen LogP contribution < -0.4 is 0 Å². The van der Waals surface area contributed by atoms with Crippen molar-refractivity contribution in [1.29, 1.82) is 0 Å². The molecular weight excluding hydrogens is 259 g/mol. The smallest absolute Gasteiger partial charge is 0.185 e. The highest BCUT2D eigenvalue weighted by Gasteiger charge is 2.17. The highest BCUT2D eigenvalue weighted by Crippen LogP contribution is 2.25. The van der Waals surface area contributed by atoms with Crippen LogP contribution in [0, 0.1) is 0 Å². The number of carbonyl (C=O) groups excluding carboxylic acids is 1. The van der Waals surface area contributed by atoms with Crippen LogP contribution in [0.1, 0.15) is 6.92 Å². The van der Waals surface area contributed by atoms with Gasteiger partial charge in [0.15, 0.2) is 9.84 Å². The monoisotopic (exact) mass is 266 g/mol. The van der Waals surface area contributed by atoms with E-state index in [2.05, 4.69) is 0 Å². The van der Waals surface area contributed by atoms with E-state index in [1.807, 2.05) is 0 Å². The summed E-state index contributed by atoms with van der Waals surface area (Å²) in [5.41, 5.74) is 0. The van der Waals surface area contributed by atoms with Gasteiger partial charge in [-0.25, -0.2) is 8.42 Å². The Hall–Kier alpha value is -0.580. The van der Waals surface area contributed by atoms with Crippen LogP contribution in [0.4, 0.5) is 0 Å². The molecule has 15 heavy (non-hydrogen) atoms. The SMILES string of the molecule is CC(=O)CS(=O)(=O)c1ccc(Cl)c(Cl)c1. The zero-order valence-electron chi connectivity index (χ0n) is 7.83. The van der Waals surface area contributed by atoms with E-state index in [0.717, 1.165) is 0 Å². The van der Waals surface area contributed by atoms with E-state index in [0.29, 0.717) is 0 Å². The van der Waals surface area contributed by atoms with Gasteiger partial charge in [0.2, 0.25) is 0 Å². The summed E-state index contributed by atoms with van der Waals surface area (Å²) in [6, 6.07) is 3.95. The van der Waals surface area contributed by atoms with Crippen molar-refractivity contribution in [3.63, 3.8) is 0 Å². The molecule has 1 aromatic rings. The van der Waals surface area contributed by atoms with Gasteiger partial charge in [-0.05, 0) is 25.1 Å². The molecule has 1 rings (SSSR count). The second-order valence-electron chi connectivity index (χ2n) is 3.04. The van der Waals surface area contributed by atoms with Crippen molar-refractivity contribution in [2.45, 2.75) is 11.8 Å². The van der Waals surface area contributed by atoms with Gasteiger partial charge < -0.3 is 0 Å². The van der Waals surface area contributed by atoms with E-state index < -0.39 is 21.4 Å². The van der Waals surface area contributed by atoms with Crippen molar-refractivity contribution in [2.24, 2.45) is 0 Å². The predicted octanol–water partition coefficient (Wildman–Crippen LogP) is 2.36. The minimum absolute atomic E-state index is 0.00657. The Labute approximate surface area is 97.9 Å². The number of benzene rings is 1. The van der Waals surface area contributed by atoms with Crippen LogP contribution in [-0.2, 0) is 14.6 Å². The number of ketones is 1. The molecule has 0 aromatic heterocycles. The predicted molar refractivity (Wildman–Crippen MR) is 59.2 cm³/mol. The zero-order chi connectivity index (χ0) is 11.6. The van der Waals surface area contributed by atoms with Crippen molar-refractivity contribution in [1.82, 2.24) is 0 Å². The van der Waals surface area contributed by atoms with Crippen molar-refractivity contribution in [3.8, 4) is 0 Å². The minimum atomic E-state index is -3.59. The normalized spacial score (nSPS) is 11.4. The van der Waals surface area contributed by atoms with E-state index in [9.17, 15) is 13.2 Å². The van der Waals surface area contributed by atoms with Gasteiger partial charge in [-0.2, -0.15) is 0 Å². The summed E-state index contributed by atoms with van der Waals surface area (Å²) in [5, 5.41) is 0.430. The average molecular weight is 267 g/mol. The van der Waals surface area contributed by atoms with Crippen LogP contribution in [-0.4, -0.2) is 20.0 Å². The summed E-state index contributed by atoms with van der Waals surface area (Å²) < 4.78 is 23.2. The fraction of sp³-hybridized carbons (Fsp3) is 0.222. The molecule has 0 unspecified atom stereocenters. The minimum Gasteiger partial charge on any atom is -0.299 e. The Balaban J connectivity index is 3.17. The molecule has 0 amide bonds. The summed E-state index contributed by atoms with van der Waals surface area (Å²) >= 11 is 11.3. The highest BCUT2D eigenvalue weighted by molar-refractivity contribution is 7.92. The molecule has 0 saturated heterocycles. The van der Waals surface area contributed by atoms with Gasteiger partial charge in [-0.3, -0.25) is 4.79 Å². The molecule has 0 atom stereocenters. The first-order valence-electron chi connectivity index (χ1n) is 4.00. The maximum atomic E-state index is 11.6. The van der Waals surface area contributed by atoms with Gasteiger partial charge in [0.05, 0.1) is 14.9 Å². The molecule has 0 fully saturated rings. The lowest BCUT2D eigenvalue weighted by Gasteiger charge is -2.03. The fourth-order valence-electron chi connectivity index (χ4n) is 1.02. The number of carbonyl (C=O) groups is 1. The molecule has 0 N–H and O–H groups in total.